The highest BCUT2D eigenvalue weighted by molar-refractivity contribution is 7.47. The van der Waals surface area contributed by atoms with Gasteiger partial charge in [-0.15, -0.1) is 0 Å². The Kier molecular flexibility index (Phi) is 16.2. The van der Waals surface area contributed by atoms with Crippen molar-refractivity contribution in [1.82, 2.24) is 0 Å². The first-order valence-corrected chi connectivity index (χ1v) is 19.6. The van der Waals surface area contributed by atoms with E-state index in [0.717, 1.165) is 45.0 Å². The smallest absolute Gasteiger partial charge is 0.472 e. The third kappa shape index (κ3) is 13.3. The number of cyclic esters (lactones) is 1. The van der Waals surface area contributed by atoms with E-state index in [2.05, 4.69) is 0 Å². The molecule has 4 aromatic carbocycles. The second-order valence-corrected chi connectivity index (χ2v) is 15.4. The molecule has 0 aliphatic carbocycles. The van der Waals surface area contributed by atoms with E-state index in [-0.39, 0.29) is 45.2 Å². The van der Waals surface area contributed by atoms with Crippen molar-refractivity contribution in [3.05, 3.63) is 131 Å². The lowest BCUT2D eigenvalue weighted by atomic mass is 10.2. The van der Waals surface area contributed by atoms with Gasteiger partial charge in [0.1, 0.15) is 13.2 Å². The van der Waals surface area contributed by atoms with E-state index in [9.17, 15) is 19.4 Å². The van der Waals surface area contributed by atoms with Gasteiger partial charge in [-0.1, -0.05) is 48.5 Å². The fourth-order valence-corrected chi connectivity index (χ4v) is 6.01. The lowest BCUT2D eigenvalue weighted by Gasteiger charge is -2.16. The van der Waals surface area contributed by atoms with Gasteiger partial charge in [0.05, 0.1) is 13.2 Å². The first kappa shape index (κ1) is 43.7. The first-order valence-electron chi connectivity index (χ1n) is 18.1. The molecule has 0 bridgehead atoms. The summed E-state index contributed by atoms with van der Waals surface area (Å²) in [6.07, 6.45) is -0.393. The molecule has 56 heavy (non-hydrogen) atoms. The number of hydrogen-bond acceptors (Lipinski definition) is 12. The van der Waals surface area contributed by atoms with Crippen LogP contribution in [0.2, 0.25) is 0 Å². The summed E-state index contributed by atoms with van der Waals surface area (Å²) in [5, 5.41) is 9.34. The maximum Gasteiger partial charge on any atom is 0.472 e. The molecule has 1 aliphatic rings. The van der Waals surface area contributed by atoms with Gasteiger partial charge in [-0.2, -0.15) is 0 Å². The Labute approximate surface area is 330 Å². The Morgan fingerprint density at radius 2 is 0.875 bits per heavy atom. The molecule has 1 heterocycles. The minimum Gasteiger partial charge on any atom is -0.485 e. The Balaban J connectivity index is 0.000000255. The van der Waals surface area contributed by atoms with Crippen molar-refractivity contribution in [2.75, 3.05) is 82.6 Å². The molecule has 5 rings (SSSR count). The summed E-state index contributed by atoms with van der Waals surface area (Å²) in [7, 11) is 11.6. The minimum absolute atomic E-state index is 0.0149. The summed E-state index contributed by atoms with van der Waals surface area (Å²) in [4.78, 5) is 30.2. The van der Waals surface area contributed by atoms with Crippen LogP contribution < -0.4 is 19.6 Å². The molecular formula is C42H55N4O9P. The number of carbonyl (C=O) groups is 1. The molecule has 0 saturated heterocycles. The van der Waals surface area contributed by atoms with Crippen molar-refractivity contribution < 1.29 is 42.6 Å². The van der Waals surface area contributed by atoms with Gasteiger partial charge < -0.3 is 43.8 Å². The molecule has 0 saturated carbocycles. The Morgan fingerprint density at radius 1 is 0.554 bits per heavy atom. The SMILES string of the molecule is CN(C)c1ccc(COC2=C(OCc3ccc(N(C)C)cc3)C(CCO)OC2=O)cc1.CN(C)c1ccc(COP(=O)(O)OCc2ccc(N(C)C)cc2)cc1. The highest BCUT2D eigenvalue weighted by atomic mass is 31.2. The van der Waals surface area contributed by atoms with Crippen LogP contribution in [0.1, 0.15) is 28.7 Å². The zero-order chi connectivity index (χ0) is 40.8. The monoisotopic (exact) mass is 790 g/mol. The van der Waals surface area contributed by atoms with Crippen molar-refractivity contribution in [1.29, 1.82) is 0 Å². The molecule has 14 heteroatoms. The van der Waals surface area contributed by atoms with Crippen molar-refractivity contribution in [3.63, 3.8) is 0 Å². The van der Waals surface area contributed by atoms with E-state index >= 15 is 0 Å². The van der Waals surface area contributed by atoms with Crippen LogP contribution in [-0.2, 0) is 59.0 Å². The van der Waals surface area contributed by atoms with Gasteiger partial charge in [0, 0.05) is 92.2 Å². The topological polar surface area (TPSA) is 134 Å². The van der Waals surface area contributed by atoms with Gasteiger partial charge in [0.25, 0.3) is 0 Å². The third-order valence-corrected chi connectivity index (χ3v) is 9.63. The largest absolute Gasteiger partial charge is 0.485 e. The molecule has 1 atom stereocenters. The van der Waals surface area contributed by atoms with Crippen LogP contribution in [0.3, 0.4) is 0 Å². The molecule has 13 nitrogen and oxygen atoms in total. The molecule has 2 N–H and O–H groups in total. The normalized spacial score (nSPS) is 13.8. The summed E-state index contributed by atoms with van der Waals surface area (Å²) >= 11 is 0. The molecular weight excluding hydrogens is 735 g/mol. The van der Waals surface area contributed by atoms with Crippen LogP contribution >= 0.6 is 7.82 Å². The van der Waals surface area contributed by atoms with Crippen LogP contribution in [0.15, 0.2) is 109 Å². The van der Waals surface area contributed by atoms with Crippen LogP contribution in [0, 0.1) is 0 Å². The molecule has 4 aromatic rings. The number of aliphatic hydroxyl groups excluding tert-OH is 1. The molecule has 0 spiro atoms. The molecule has 1 unspecified atom stereocenters. The highest BCUT2D eigenvalue weighted by Gasteiger charge is 2.37. The second kappa shape index (κ2) is 20.8. The summed E-state index contributed by atoms with van der Waals surface area (Å²) in [5.41, 5.74) is 7.76. The minimum atomic E-state index is -4.11. The average Bonchev–Trinajstić information content (AvgIpc) is 3.48. The van der Waals surface area contributed by atoms with Crippen LogP contribution in [0.4, 0.5) is 22.7 Å². The molecule has 0 aromatic heterocycles. The number of esters is 1. The predicted molar refractivity (Wildman–Crippen MR) is 221 cm³/mol. The summed E-state index contributed by atoms with van der Waals surface area (Å²) in [6, 6.07) is 31.0. The summed E-state index contributed by atoms with van der Waals surface area (Å²) in [6.45, 7) is 0.393. The number of nitrogens with zero attached hydrogens (tertiary/aromatic N) is 4. The van der Waals surface area contributed by atoms with E-state index in [1.807, 2.05) is 173 Å². The molecule has 1 aliphatic heterocycles. The van der Waals surface area contributed by atoms with E-state index < -0.39 is 19.9 Å². The maximum atomic E-state index is 12.4. The van der Waals surface area contributed by atoms with E-state index in [1.54, 1.807) is 0 Å². The van der Waals surface area contributed by atoms with Gasteiger partial charge in [0.2, 0.25) is 5.76 Å². The lowest BCUT2D eigenvalue weighted by molar-refractivity contribution is -0.143. The predicted octanol–water partition coefficient (Wildman–Crippen LogP) is 6.72. The maximum absolute atomic E-state index is 12.4. The molecule has 302 valence electrons. The molecule has 0 radical (unpaired) electrons. The van der Waals surface area contributed by atoms with Gasteiger partial charge in [-0.25, -0.2) is 9.36 Å². The standard InChI is InChI=1S/C24H30N2O5.C18H25N2O4P/c1-25(2)19-9-5-17(6-10-19)15-29-22-21(13-14-27)31-24(28)23(22)30-16-18-7-11-20(12-8-18)26(3)4;1-19(2)17-9-5-15(6-10-17)13-23-25(21,22)24-14-16-7-11-18(12-8-16)20(3)4/h5-12,21,27H,13-16H2,1-4H3;5-12H,13-14H2,1-4H3,(H,21,22). The highest BCUT2D eigenvalue weighted by Crippen LogP contribution is 2.45. The first-order chi connectivity index (χ1) is 26.6. The van der Waals surface area contributed by atoms with Gasteiger partial charge >= 0.3 is 13.8 Å². The number of phosphoric ester groups is 1. The second-order valence-electron chi connectivity index (χ2n) is 13.9. The van der Waals surface area contributed by atoms with Gasteiger partial charge in [0.15, 0.2) is 11.9 Å². The van der Waals surface area contributed by atoms with E-state index in [4.69, 9.17) is 23.3 Å². The van der Waals surface area contributed by atoms with Crippen LogP contribution in [0.5, 0.6) is 0 Å². The van der Waals surface area contributed by atoms with E-state index in [1.165, 1.54) is 0 Å². The average molecular weight is 791 g/mol. The number of aliphatic hydroxyl groups is 1. The quantitative estimate of drug-likeness (QED) is 0.0817. The Bertz CT molecular complexity index is 1840. The number of anilines is 4. The Hall–Kier alpha value is -5.04. The fourth-order valence-electron chi connectivity index (χ4n) is 5.31. The van der Waals surface area contributed by atoms with E-state index in [0.29, 0.717) is 5.76 Å². The zero-order valence-electron chi connectivity index (χ0n) is 33.5. The van der Waals surface area contributed by atoms with Crippen molar-refractivity contribution in [2.24, 2.45) is 0 Å². The summed E-state index contributed by atoms with van der Waals surface area (Å²) in [5.74, 6) is -0.165. The lowest BCUT2D eigenvalue weighted by Crippen LogP contribution is -2.15. The van der Waals surface area contributed by atoms with Crippen LogP contribution in [0.25, 0.3) is 0 Å². The molecule has 0 fully saturated rings. The fraction of sp³-hybridized carbons (Fsp3) is 0.357. The van der Waals surface area contributed by atoms with Crippen LogP contribution in [-0.4, -0.2) is 85.1 Å². The third-order valence-electron chi connectivity index (χ3n) is 8.72. The van der Waals surface area contributed by atoms with Gasteiger partial charge in [-0.3, -0.25) is 9.05 Å². The van der Waals surface area contributed by atoms with Crippen molar-refractivity contribution in [3.8, 4) is 0 Å². The zero-order valence-corrected chi connectivity index (χ0v) is 34.4. The Morgan fingerprint density at radius 3 is 1.20 bits per heavy atom. The van der Waals surface area contributed by atoms with Gasteiger partial charge in [-0.05, 0) is 70.8 Å². The summed E-state index contributed by atoms with van der Waals surface area (Å²) < 4.78 is 39.3. The number of phosphoric acid groups is 1. The van der Waals surface area contributed by atoms with Crippen molar-refractivity contribution >= 4 is 36.5 Å². The number of hydrogen-bond donors (Lipinski definition) is 2. The number of rotatable bonds is 18. The molecule has 0 amide bonds. The number of carbonyl (C=O) groups excluding carboxylic acids is 1. The number of ether oxygens (including phenoxy) is 3. The van der Waals surface area contributed by atoms with Crippen molar-refractivity contribution in [2.45, 2.75) is 39.0 Å². The number of benzene rings is 4.